The number of aromatic amines is 1. The summed E-state index contributed by atoms with van der Waals surface area (Å²) in [6, 6.07) is 12.2. The van der Waals surface area contributed by atoms with E-state index >= 15 is 0 Å². The Labute approximate surface area is 83.2 Å². The maximum Gasteiger partial charge on any atom is 0.0487 e. The van der Waals surface area contributed by atoms with E-state index in [4.69, 9.17) is 5.11 Å². The second-order valence-electron chi connectivity index (χ2n) is 3.22. The zero-order chi connectivity index (χ0) is 9.80. The van der Waals surface area contributed by atoms with Gasteiger partial charge in [0, 0.05) is 18.5 Å². The number of rotatable bonds is 3. The molecule has 72 valence electrons. The van der Waals surface area contributed by atoms with Crippen molar-refractivity contribution in [3.63, 3.8) is 0 Å². The standard InChI is InChI=1S/C12H13NO/c14-9-7-11-6-8-13-12(11)10-4-2-1-3-5-10/h1-6,8,13-14H,7,9H2. The Kier molecular flexibility index (Phi) is 2.65. The van der Waals surface area contributed by atoms with E-state index in [1.165, 1.54) is 11.1 Å². The minimum Gasteiger partial charge on any atom is -0.396 e. The van der Waals surface area contributed by atoms with Crippen LogP contribution in [0.4, 0.5) is 0 Å². The Hall–Kier alpha value is -1.54. The molecule has 0 bridgehead atoms. The molecule has 1 heterocycles. The van der Waals surface area contributed by atoms with Crippen LogP contribution in [0.2, 0.25) is 0 Å². The quantitative estimate of drug-likeness (QED) is 0.759. The summed E-state index contributed by atoms with van der Waals surface area (Å²) in [7, 11) is 0. The first-order chi connectivity index (χ1) is 6.92. The average Bonchev–Trinajstić information content (AvgIpc) is 2.68. The number of benzene rings is 1. The van der Waals surface area contributed by atoms with Crippen LogP contribution in [0, 0.1) is 0 Å². The summed E-state index contributed by atoms with van der Waals surface area (Å²) >= 11 is 0. The number of hydrogen-bond donors (Lipinski definition) is 2. The highest BCUT2D eigenvalue weighted by Crippen LogP contribution is 2.21. The zero-order valence-electron chi connectivity index (χ0n) is 7.90. The topological polar surface area (TPSA) is 36.0 Å². The lowest BCUT2D eigenvalue weighted by Gasteiger charge is -2.02. The SMILES string of the molecule is OCCc1cc[nH]c1-c1ccccc1. The van der Waals surface area contributed by atoms with Crippen LogP contribution in [-0.4, -0.2) is 16.7 Å². The molecule has 0 aliphatic carbocycles. The molecule has 14 heavy (non-hydrogen) atoms. The fourth-order valence-corrected chi connectivity index (χ4v) is 1.60. The maximum absolute atomic E-state index is 8.90. The zero-order valence-corrected chi connectivity index (χ0v) is 7.90. The lowest BCUT2D eigenvalue weighted by molar-refractivity contribution is 0.300. The minimum absolute atomic E-state index is 0.192. The van der Waals surface area contributed by atoms with Crippen molar-refractivity contribution in [3.05, 3.63) is 48.2 Å². The molecule has 0 radical (unpaired) electrons. The van der Waals surface area contributed by atoms with E-state index in [0.29, 0.717) is 6.42 Å². The van der Waals surface area contributed by atoms with Gasteiger partial charge in [-0.05, 0) is 23.6 Å². The second kappa shape index (κ2) is 4.11. The molecule has 1 aromatic heterocycles. The molecular formula is C12H13NO. The number of aliphatic hydroxyl groups is 1. The molecule has 0 aliphatic rings. The summed E-state index contributed by atoms with van der Waals surface area (Å²) < 4.78 is 0. The van der Waals surface area contributed by atoms with Crippen molar-refractivity contribution in [1.82, 2.24) is 4.98 Å². The van der Waals surface area contributed by atoms with Gasteiger partial charge in [-0.2, -0.15) is 0 Å². The Morgan fingerprint density at radius 3 is 2.57 bits per heavy atom. The van der Waals surface area contributed by atoms with Gasteiger partial charge in [-0.15, -0.1) is 0 Å². The van der Waals surface area contributed by atoms with E-state index in [0.717, 1.165) is 5.69 Å². The van der Waals surface area contributed by atoms with Crippen molar-refractivity contribution >= 4 is 0 Å². The van der Waals surface area contributed by atoms with Crippen molar-refractivity contribution in [2.45, 2.75) is 6.42 Å². The molecule has 0 saturated heterocycles. The third kappa shape index (κ3) is 1.70. The largest absolute Gasteiger partial charge is 0.396 e. The van der Waals surface area contributed by atoms with Crippen LogP contribution in [0.15, 0.2) is 42.6 Å². The summed E-state index contributed by atoms with van der Waals surface area (Å²) in [6.07, 6.45) is 2.61. The highest BCUT2D eigenvalue weighted by molar-refractivity contribution is 5.63. The van der Waals surface area contributed by atoms with Gasteiger partial charge >= 0.3 is 0 Å². The fourth-order valence-electron chi connectivity index (χ4n) is 1.60. The molecule has 0 amide bonds. The summed E-state index contributed by atoms with van der Waals surface area (Å²) in [5, 5.41) is 8.90. The molecule has 2 nitrogen and oxygen atoms in total. The number of nitrogens with one attached hydrogen (secondary N) is 1. The molecule has 2 heteroatoms. The van der Waals surface area contributed by atoms with Gasteiger partial charge in [0.25, 0.3) is 0 Å². The molecule has 1 aromatic carbocycles. The first-order valence-corrected chi connectivity index (χ1v) is 4.74. The normalized spacial score (nSPS) is 10.4. The molecule has 0 unspecified atom stereocenters. The molecule has 0 aliphatic heterocycles. The summed E-state index contributed by atoms with van der Waals surface area (Å²) in [5.74, 6) is 0. The average molecular weight is 187 g/mol. The van der Waals surface area contributed by atoms with Crippen LogP contribution in [0.5, 0.6) is 0 Å². The lowest BCUT2D eigenvalue weighted by Crippen LogP contribution is -1.91. The van der Waals surface area contributed by atoms with Crippen molar-refractivity contribution in [3.8, 4) is 11.3 Å². The lowest BCUT2D eigenvalue weighted by atomic mass is 10.1. The molecule has 0 saturated carbocycles. The summed E-state index contributed by atoms with van der Waals surface area (Å²) in [4.78, 5) is 3.20. The summed E-state index contributed by atoms with van der Waals surface area (Å²) in [6.45, 7) is 0.192. The molecular weight excluding hydrogens is 174 g/mol. The Morgan fingerprint density at radius 1 is 1.07 bits per heavy atom. The van der Waals surface area contributed by atoms with Gasteiger partial charge in [-0.1, -0.05) is 30.3 Å². The fraction of sp³-hybridized carbons (Fsp3) is 0.167. The van der Waals surface area contributed by atoms with Gasteiger partial charge in [-0.3, -0.25) is 0 Å². The molecule has 2 rings (SSSR count). The Morgan fingerprint density at radius 2 is 1.86 bits per heavy atom. The first-order valence-electron chi connectivity index (χ1n) is 4.74. The van der Waals surface area contributed by atoms with Crippen LogP contribution in [0.25, 0.3) is 11.3 Å². The van der Waals surface area contributed by atoms with Crippen molar-refractivity contribution < 1.29 is 5.11 Å². The smallest absolute Gasteiger partial charge is 0.0487 e. The van der Waals surface area contributed by atoms with E-state index in [2.05, 4.69) is 17.1 Å². The molecule has 0 fully saturated rings. The predicted octanol–water partition coefficient (Wildman–Crippen LogP) is 2.22. The van der Waals surface area contributed by atoms with Crippen LogP contribution < -0.4 is 0 Å². The molecule has 0 atom stereocenters. The minimum atomic E-state index is 0.192. The van der Waals surface area contributed by atoms with Gasteiger partial charge in [0.05, 0.1) is 0 Å². The third-order valence-corrected chi connectivity index (χ3v) is 2.28. The highest BCUT2D eigenvalue weighted by Gasteiger charge is 2.04. The van der Waals surface area contributed by atoms with Crippen LogP contribution in [0.3, 0.4) is 0 Å². The van der Waals surface area contributed by atoms with E-state index in [9.17, 15) is 0 Å². The maximum atomic E-state index is 8.90. The van der Waals surface area contributed by atoms with Crippen molar-refractivity contribution in [2.24, 2.45) is 0 Å². The summed E-state index contributed by atoms with van der Waals surface area (Å²) in [5.41, 5.74) is 3.44. The van der Waals surface area contributed by atoms with E-state index in [1.54, 1.807) is 0 Å². The predicted molar refractivity (Wildman–Crippen MR) is 57.0 cm³/mol. The van der Waals surface area contributed by atoms with E-state index < -0.39 is 0 Å². The highest BCUT2D eigenvalue weighted by atomic mass is 16.2. The van der Waals surface area contributed by atoms with E-state index in [1.807, 2.05) is 30.5 Å². The molecule has 0 spiro atoms. The van der Waals surface area contributed by atoms with Gasteiger partial charge < -0.3 is 10.1 Å². The number of aromatic nitrogens is 1. The number of H-pyrrole nitrogens is 1. The first kappa shape index (κ1) is 9.03. The Bertz CT molecular complexity index is 392. The van der Waals surface area contributed by atoms with Crippen LogP contribution in [-0.2, 0) is 6.42 Å². The van der Waals surface area contributed by atoms with Gasteiger partial charge in [-0.25, -0.2) is 0 Å². The second-order valence-corrected chi connectivity index (χ2v) is 3.22. The van der Waals surface area contributed by atoms with Crippen molar-refractivity contribution in [1.29, 1.82) is 0 Å². The van der Waals surface area contributed by atoms with Gasteiger partial charge in [0.1, 0.15) is 0 Å². The monoisotopic (exact) mass is 187 g/mol. The van der Waals surface area contributed by atoms with E-state index in [-0.39, 0.29) is 6.61 Å². The Balaban J connectivity index is 2.37. The van der Waals surface area contributed by atoms with Gasteiger partial charge in [0.15, 0.2) is 0 Å². The molecule has 2 aromatic rings. The number of aliphatic hydroxyl groups excluding tert-OH is 1. The third-order valence-electron chi connectivity index (χ3n) is 2.28. The molecule has 2 N–H and O–H groups in total. The van der Waals surface area contributed by atoms with Crippen LogP contribution >= 0.6 is 0 Å². The van der Waals surface area contributed by atoms with Gasteiger partial charge in [0.2, 0.25) is 0 Å². The van der Waals surface area contributed by atoms with Crippen LogP contribution in [0.1, 0.15) is 5.56 Å². The number of hydrogen-bond acceptors (Lipinski definition) is 1. The van der Waals surface area contributed by atoms with Crippen molar-refractivity contribution in [2.75, 3.05) is 6.61 Å².